The Labute approximate surface area is 159 Å². The lowest BCUT2D eigenvalue weighted by molar-refractivity contribution is 0.148. The molecule has 26 heavy (non-hydrogen) atoms. The van der Waals surface area contributed by atoms with Gasteiger partial charge in [-0.1, -0.05) is 24.9 Å². The minimum Gasteiger partial charge on any atom is -0.386 e. The normalized spacial score (nSPS) is 19.3. The molecule has 0 radical (unpaired) electrons. The molecule has 7 heteroatoms. The molecule has 0 saturated heterocycles. The second kappa shape index (κ2) is 7.71. The summed E-state index contributed by atoms with van der Waals surface area (Å²) in [4.78, 5) is 10.3. The number of hydrogen-bond donors (Lipinski definition) is 2. The first kappa shape index (κ1) is 18.0. The lowest BCUT2D eigenvalue weighted by Crippen LogP contribution is -2.23. The third kappa shape index (κ3) is 3.97. The predicted molar refractivity (Wildman–Crippen MR) is 101 cm³/mol. The van der Waals surface area contributed by atoms with Crippen molar-refractivity contribution in [3.8, 4) is 0 Å². The summed E-state index contributed by atoms with van der Waals surface area (Å²) in [6.07, 6.45) is 6.11. The SMILES string of the molecule is CCCCc1nc(Cl)c(CN2CCCn3nc([C@@H](O)C4CC4)cc3C2)[nH]1. The molecule has 1 fully saturated rings. The van der Waals surface area contributed by atoms with Gasteiger partial charge in [-0.2, -0.15) is 5.10 Å². The van der Waals surface area contributed by atoms with Crippen LogP contribution in [0.25, 0.3) is 0 Å². The number of nitrogens with zero attached hydrogens (tertiary/aromatic N) is 4. The van der Waals surface area contributed by atoms with E-state index in [-0.39, 0.29) is 0 Å². The third-order valence-electron chi connectivity index (χ3n) is 5.41. The van der Waals surface area contributed by atoms with Gasteiger partial charge >= 0.3 is 0 Å². The first-order valence-corrected chi connectivity index (χ1v) is 10.2. The average molecular weight is 378 g/mol. The number of aryl methyl sites for hydroxylation is 2. The predicted octanol–water partition coefficient (Wildman–Crippen LogP) is 3.45. The maximum atomic E-state index is 10.4. The molecule has 0 aromatic carbocycles. The van der Waals surface area contributed by atoms with Gasteiger partial charge in [0, 0.05) is 32.6 Å². The highest BCUT2D eigenvalue weighted by atomic mass is 35.5. The van der Waals surface area contributed by atoms with Crippen LogP contribution < -0.4 is 0 Å². The minimum atomic E-state index is -0.397. The van der Waals surface area contributed by atoms with Crippen LogP contribution in [0.5, 0.6) is 0 Å². The summed E-state index contributed by atoms with van der Waals surface area (Å²) < 4.78 is 2.07. The van der Waals surface area contributed by atoms with E-state index in [1.54, 1.807) is 0 Å². The van der Waals surface area contributed by atoms with Crippen LogP contribution in [0.15, 0.2) is 6.07 Å². The zero-order chi connectivity index (χ0) is 18.1. The van der Waals surface area contributed by atoms with Gasteiger partial charge < -0.3 is 10.1 Å². The molecule has 6 nitrogen and oxygen atoms in total. The molecular weight excluding hydrogens is 350 g/mol. The highest BCUT2D eigenvalue weighted by Gasteiger charge is 2.33. The second-order valence-corrected chi connectivity index (χ2v) is 8.04. The van der Waals surface area contributed by atoms with Crippen LogP contribution in [0.2, 0.25) is 5.15 Å². The first-order valence-electron chi connectivity index (χ1n) is 9.84. The number of fused-ring (bicyclic) bond motifs is 1. The van der Waals surface area contributed by atoms with Gasteiger partial charge in [-0.15, -0.1) is 0 Å². The molecule has 0 amide bonds. The Morgan fingerprint density at radius 2 is 2.23 bits per heavy atom. The number of aliphatic hydroxyl groups excluding tert-OH is 1. The van der Waals surface area contributed by atoms with Crippen LogP contribution >= 0.6 is 11.6 Å². The van der Waals surface area contributed by atoms with Gasteiger partial charge in [0.15, 0.2) is 5.15 Å². The highest BCUT2D eigenvalue weighted by Crippen LogP contribution is 2.40. The Morgan fingerprint density at radius 3 is 3.00 bits per heavy atom. The van der Waals surface area contributed by atoms with Gasteiger partial charge in [0.2, 0.25) is 0 Å². The molecular formula is C19H28ClN5O. The second-order valence-electron chi connectivity index (χ2n) is 7.69. The van der Waals surface area contributed by atoms with Gasteiger partial charge in [-0.05, 0) is 37.7 Å². The number of H-pyrrole nitrogens is 1. The lowest BCUT2D eigenvalue weighted by Gasteiger charge is -2.18. The Hall–Kier alpha value is -1.37. The zero-order valence-electron chi connectivity index (χ0n) is 15.4. The van der Waals surface area contributed by atoms with E-state index in [0.717, 1.165) is 81.9 Å². The fraction of sp³-hybridized carbons (Fsp3) is 0.684. The number of hydrogen-bond acceptors (Lipinski definition) is 4. The molecule has 4 rings (SSSR count). The van der Waals surface area contributed by atoms with Crippen molar-refractivity contribution in [2.24, 2.45) is 5.92 Å². The van der Waals surface area contributed by atoms with E-state index < -0.39 is 6.10 Å². The van der Waals surface area contributed by atoms with Gasteiger partial charge in [0.1, 0.15) is 11.9 Å². The lowest BCUT2D eigenvalue weighted by atomic mass is 10.1. The molecule has 2 N–H and O–H groups in total. The minimum absolute atomic E-state index is 0.397. The summed E-state index contributed by atoms with van der Waals surface area (Å²) in [7, 11) is 0. The number of nitrogens with one attached hydrogen (secondary N) is 1. The van der Waals surface area contributed by atoms with Gasteiger partial charge in [-0.3, -0.25) is 9.58 Å². The molecule has 1 aliphatic carbocycles. The summed E-state index contributed by atoms with van der Waals surface area (Å²) in [6.45, 7) is 5.68. The molecule has 2 aromatic heterocycles. The van der Waals surface area contributed by atoms with E-state index in [4.69, 9.17) is 11.6 Å². The molecule has 3 heterocycles. The summed E-state index contributed by atoms with van der Waals surface area (Å²) in [5.41, 5.74) is 3.02. The first-order chi connectivity index (χ1) is 12.6. The Kier molecular flexibility index (Phi) is 5.34. The molecule has 1 aliphatic heterocycles. The van der Waals surface area contributed by atoms with Gasteiger partial charge in [-0.25, -0.2) is 4.98 Å². The van der Waals surface area contributed by atoms with E-state index >= 15 is 0 Å². The quantitative estimate of drug-likeness (QED) is 0.775. The summed E-state index contributed by atoms with van der Waals surface area (Å²) in [5.74, 6) is 1.40. The molecule has 2 aromatic rings. The highest BCUT2D eigenvalue weighted by molar-refractivity contribution is 6.30. The maximum Gasteiger partial charge on any atom is 0.151 e. The molecule has 0 bridgehead atoms. The molecule has 0 unspecified atom stereocenters. The van der Waals surface area contributed by atoms with Crippen molar-refractivity contribution < 1.29 is 5.11 Å². The van der Waals surface area contributed by atoms with Crippen molar-refractivity contribution >= 4 is 11.6 Å². The van der Waals surface area contributed by atoms with Gasteiger partial charge in [0.05, 0.1) is 17.1 Å². The number of aliphatic hydroxyl groups is 1. The maximum absolute atomic E-state index is 10.4. The fourth-order valence-corrected chi connectivity index (χ4v) is 3.92. The number of aromatic nitrogens is 4. The van der Waals surface area contributed by atoms with Crippen molar-refractivity contribution in [3.05, 3.63) is 34.1 Å². The van der Waals surface area contributed by atoms with E-state index in [1.165, 1.54) is 5.69 Å². The van der Waals surface area contributed by atoms with Crippen LogP contribution in [0.1, 0.15) is 68.0 Å². The number of imidazole rings is 1. The van der Waals surface area contributed by atoms with Gasteiger partial charge in [0.25, 0.3) is 0 Å². The number of halogens is 1. The van der Waals surface area contributed by atoms with Crippen molar-refractivity contribution in [2.75, 3.05) is 6.54 Å². The zero-order valence-corrected chi connectivity index (χ0v) is 16.2. The van der Waals surface area contributed by atoms with E-state index in [1.807, 2.05) is 0 Å². The van der Waals surface area contributed by atoms with E-state index in [0.29, 0.717) is 11.1 Å². The van der Waals surface area contributed by atoms with Crippen molar-refractivity contribution in [1.82, 2.24) is 24.6 Å². The number of aromatic amines is 1. The number of rotatable bonds is 7. The Bertz CT molecular complexity index is 751. The van der Waals surface area contributed by atoms with Crippen molar-refractivity contribution in [1.29, 1.82) is 0 Å². The van der Waals surface area contributed by atoms with Crippen LogP contribution in [0.4, 0.5) is 0 Å². The van der Waals surface area contributed by atoms with Crippen molar-refractivity contribution in [2.45, 2.75) is 71.2 Å². The van der Waals surface area contributed by atoms with Crippen LogP contribution in [0, 0.1) is 5.92 Å². The third-order valence-corrected chi connectivity index (χ3v) is 5.72. The van der Waals surface area contributed by atoms with E-state index in [2.05, 4.69) is 37.6 Å². The molecule has 1 atom stereocenters. The summed E-state index contributed by atoms with van der Waals surface area (Å²) >= 11 is 6.35. The van der Waals surface area contributed by atoms with Crippen LogP contribution in [0.3, 0.4) is 0 Å². The molecule has 1 saturated carbocycles. The Balaban J connectivity index is 1.44. The summed E-state index contributed by atoms with van der Waals surface area (Å²) in [6, 6.07) is 2.09. The molecule has 2 aliphatic rings. The van der Waals surface area contributed by atoms with Crippen molar-refractivity contribution in [3.63, 3.8) is 0 Å². The number of unbranched alkanes of at least 4 members (excludes halogenated alkanes) is 1. The molecule has 0 spiro atoms. The largest absolute Gasteiger partial charge is 0.386 e. The molecule has 142 valence electrons. The average Bonchev–Trinajstić information content (AvgIpc) is 3.36. The standard InChI is InChI=1S/C19H28ClN5O/c1-2-3-5-17-21-16(19(20)22-17)12-24-8-4-9-25-14(11-24)10-15(23-25)18(26)13-6-7-13/h10,13,18,26H,2-9,11-12H2,1H3,(H,21,22)/t18-/m0/s1. The smallest absolute Gasteiger partial charge is 0.151 e. The van der Waals surface area contributed by atoms with Crippen LogP contribution in [-0.4, -0.2) is 36.3 Å². The van der Waals surface area contributed by atoms with E-state index in [9.17, 15) is 5.11 Å². The monoisotopic (exact) mass is 377 g/mol. The summed E-state index contributed by atoms with van der Waals surface area (Å²) in [5, 5.41) is 15.6. The fourth-order valence-electron chi connectivity index (χ4n) is 3.71. The Morgan fingerprint density at radius 1 is 1.38 bits per heavy atom. The van der Waals surface area contributed by atoms with Crippen LogP contribution in [-0.2, 0) is 26.1 Å². The topological polar surface area (TPSA) is 70.0 Å².